The molecule has 0 aromatic heterocycles. The minimum atomic E-state index is -3.95. The van der Waals surface area contributed by atoms with Crippen LogP contribution in [0.5, 0.6) is 0 Å². The van der Waals surface area contributed by atoms with Gasteiger partial charge in [0.05, 0.1) is 19.6 Å². The predicted octanol–water partition coefficient (Wildman–Crippen LogP) is 1.18. The molecule has 1 aromatic carbocycles. The molecule has 0 amide bonds. The van der Waals surface area contributed by atoms with Gasteiger partial charge < -0.3 is 9.47 Å². The summed E-state index contributed by atoms with van der Waals surface area (Å²) >= 11 is 0. The van der Waals surface area contributed by atoms with Crippen molar-refractivity contribution in [2.45, 2.75) is 26.3 Å². The summed E-state index contributed by atoms with van der Waals surface area (Å²) in [5, 5.41) is 0. The SMILES string of the molecule is CCOC(=O)C1CCCN(S(=O)(=O)N(CC(=O)OC)Cc2ccccc2)C1. The van der Waals surface area contributed by atoms with E-state index in [-0.39, 0.29) is 25.7 Å². The van der Waals surface area contributed by atoms with Gasteiger partial charge in [0.25, 0.3) is 10.2 Å². The third kappa shape index (κ3) is 5.75. The Bertz CT molecular complexity index is 737. The summed E-state index contributed by atoms with van der Waals surface area (Å²) in [6, 6.07) is 9.01. The van der Waals surface area contributed by atoms with E-state index in [0.717, 1.165) is 9.87 Å². The Morgan fingerprint density at radius 3 is 2.59 bits per heavy atom. The average Bonchev–Trinajstić information content (AvgIpc) is 2.68. The molecule has 1 aliphatic heterocycles. The van der Waals surface area contributed by atoms with E-state index in [9.17, 15) is 18.0 Å². The van der Waals surface area contributed by atoms with Gasteiger partial charge in [-0.2, -0.15) is 17.0 Å². The Kier molecular flexibility index (Phi) is 7.76. The average molecular weight is 398 g/mol. The quantitative estimate of drug-likeness (QED) is 0.611. The molecule has 0 bridgehead atoms. The summed E-state index contributed by atoms with van der Waals surface area (Å²) in [4.78, 5) is 23.8. The van der Waals surface area contributed by atoms with Crippen molar-refractivity contribution in [3.05, 3.63) is 35.9 Å². The number of hydrogen-bond acceptors (Lipinski definition) is 6. The van der Waals surface area contributed by atoms with Crippen molar-refractivity contribution in [3.63, 3.8) is 0 Å². The van der Waals surface area contributed by atoms with Crippen molar-refractivity contribution in [1.29, 1.82) is 0 Å². The van der Waals surface area contributed by atoms with Crippen LogP contribution < -0.4 is 0 Å². The lowest BCUT2D eigenvalue weighted by Gasteiger charge is -2.34. The number of ether oxygens (including phenoxy) is 2. The monoisotopic (exact) mass is 398 g/mol. The summed E-state index contributed by atoms with van der Waals surface area (Å²) < 4.78 is 38.3. The molecule has 1 unspecified atom stereocenters. The Morgan fingerprint density at radius 1 is 1.26 bits per heavy atom. The molecule has 0 N–H and O–H groups in total. The minimum Gasteiger partial charge on any atom is -0.468 e. The molecular formula is C18H26N2O6S. The van der Waals surface area contributed by atoms with Gasteiger partial charge in [-0.05, 0) is 25.3 Å². The second-order valence-corrected chi connectivity index (χ2v) is 8.22. The van der Waals surface area contributed by atoms with Crippen molar-refractivity contribution in [3.8, 4) is 0 Å². The van der Waals surface area contributed by atoms with Gasteiger partial charge in [0.1, 0.15) is 6.54 Å². The molecule has 1 aliphatic rings. The van der Waals surface area contributed by atoms with E-state index >= 15 is 0 Å². The number of esters is 2. The first kappa shape index (κ1) is 21.3. The highest BCUT2D eigenvalue weighted by Gasteiger charge is 2.37. The van der Waals surface area contributed by atoms with Crippen molar-refractivity contribution in [2.24, 2.45) is 5.92 Å². The molecule has 1 fully saturated rings. The zero-order valence-corrected chi connectivity index (χ0v) is 16.5. The highest BCUT2D eigenvalue weighted by molar-refractivity contribution is 7.86. The van der Waals surface area contributed by atoms with Crippen LogP contribution in [0.1, 0.15) is 25.3 Å². The maximum atomic E-state index is 13.2. The van der Waals surface area contributed by atoms with E-state index in [4.69, 9.17) is 4.74 Å². The number of carbonyl (C=O) groups is 2. The summed E-state index contributed by atoms with van der Waals surface area (Å²) in [6.45, 7) is 1.96. The molecule has 2 rings (SSSR count). The molecular weight excluding hydrogens is 372 g/mol. The van der Waals surface area contributed by atoms with E-state index in [1.807, 2.05) is 6.07 Å². The van der Waals surface area contributed by atoms with E-state index in [0.29, 0.717) is 19.4 Å². The molecule has 1 atom stereocenters. The molecule has 0 radical (unpaired) electrons. The first-order chi connectivity index (χ1) is 12.9. The number of piperidine rings is 1. The predicted molar refractivity (Wildman–Crippen MR) is 98.7 cm³/mol. The van der Waals surface area contributed by atoms with Crippen LogP contribution in [0.2, 0.25) is 0 Å². The Morgan fingerprint density at radius 2 is 1.96 bits per heavy atom. The largest absolute Gasteiger partial charge is 0.468 e. The highest BCUT2D eigenvalue weighted by Crippen LogP contribution is 2.23. The van der Waals surface area contributed by atoms with Gasteiger partial charge in [-0.25, -0.2) is 0 Å². The molecule has 8 nitrogen and oxygen atoms in total. The van der Waals surface area contributed by atoms with E-state index in [1.165, 1.54) is 11.4 Å². The fourth-order valence-corrected chi connectivity index (χ4v) is 4.62. The third-order valence-corrected chi connectivity index (χ3v) is 6.29. The molecule has 1 saturated heterocycles. The molecule has 9 heteroatoms. The number of hydrogen-bond donors (Lipinski definition) is 0. The molecule has 1 heterocycles. The van der Waals surface area contributed by atoms with Crippen LogP contribution in [0.4, 0.5) is 0 Å². The number of methoxy groups -OCH3 is 1. The summed E-state index contributed by atoms with van der Waals surface area (Å²) in [5.74, 6) is -1.53. The Hall–Kier alpha value is -1.97. The number of carbonyl (C=O) groups excluding carboxylic acids is 2. The fourth-order valence-electron chi connectivity index (χ4n) is 2.98. The van der Waals surface area contributed by atoms with E-state index in [1.54, 1.807) is 31.2 Å². The third-order valence-electron chi connectivity index (χ3n) is 4.39. The fraction of sp³-hybridized carbons (Fsp3) is 0.556. The first-order valence-corrected chi connectivity index (χ1v) is 10.3. The molecule has 1 aromatic rings. The normalized spacial score (nSPS) is 18.3. The van der Waals surface area contributed by atoms with Gasteiger partial charge in [0.15, 0.2) is 0 Å². The second-order valence-electron chi connectivity index (χ2n) is 6.29. The van der Waals surface area contributed by atoms with Crippen molar-refractivity contribution < 1.29 is 27.5 Å². The number of nitrogens with zero attached hydrogens (tertiary/aromatic N) is 2. The van der Waals surface area contributed by atoms with Gasteiger partial charge in [-0.3, -0.25) is 9.59 Å². The molecule has 150 valence electrons. The maximum absolute atomic E-state index is 13.2. The number of benzene rings is 1. The highest BCUT2D eigenvalue weighted by atomic mass is 32.2. The molecule has 27 heavy (non-hydrogen) atoms. The van der Waals surface area contributed by atoms with Crippen molar-refractivity contribution in [1.82, 2.24) is 8.61 Å². The zero-order valence-electron chi connectivity index (χ0n) is 15.7. The lowest BCUT2D eigenvalue weighted by atomic mass is 10.0. The second kappa shape index (κ2) is 9.82. The summed E-state index contributed by atoms with van der Waals surface area (Å²) in [7, 11) is -2.74. The lowest BCUT2D eigenvalue weighted by Crippen LogP contribution is -2.50. The van der Waals surface area contributed by atoms with Gasteiger partial charge in [0, 0.05) is 19.6 Å². The number of rotatable bonds is 8. The minimum absolute atomic E-state index is 0.0405. The van der Waals surface area contributed by atoms with Crippen molar-refractivity contribution >= 4 is 22.1 Å². The Labute approximate surface area is 160 Å². The van der Waals surface area contributed by atoms with E-state index in [2.05, 4.69) is 4.74 Å². The topological polar surface area (TPSA) is 93.2 Å². The summed E-state index contributed by atoms with van der Waals surface area (Å²) in [5.41, 5.74) is 0.754. The van der Waals surface area contributed by atoms with Crippen molar-refractivity contribution in [2.75, 3.05) is 33.4 Å². The molecule has 0 saturated carbocycles. The van der Waals surface area contributed by atoms with Crippen LogP contribution in [-0.2, 0) is 35.8 Å². The standard InChI is InChI=1S/C18H26N2O6S/c1-3-26-18(22)16-10-7-11-19(13-16)27(23,24)20(14-17(21)25-2)12-15-8-5-4-6-9-15/h4-6,8-9,16H,3,7,10-14H2,1-2H3. The van der Waals surface area contributed by atoms with Crippen LogP contribution in [0.3, 0.4) is 0 Å². The van der Waals surface area contributed by atoms with Crippen LogP contribution in [-0.4, -0.2) is 62.3 Å². The van der Waals surface area contributed by atoms with E-state index < -0.39 is 28.6 Å². The van der Waals surface area contributed by atoms with Crippen LogP contribution >= 0.6 is 0 Å². The molecule has 0 aliphatic carbocycles. The van der Waals surface area contributed by atoms with Gasteiger partial charge in [0.2, 0.25) is 0 Å². The first-order valence-electron chi connectivity index (χ1n) is 8.91. The summed E-state index contributed by atoms with van der Waals surface area (Å²) in [6.07, 6.45) is 1.14. The smallest absolute Gasteiger partial charge is 0.321 e. The lowest BCUT2D eigenvalue weighted by molar-refractivity contribution is -0.149. The van der Waals surface area contributed by atoms with Crippen LogP contribution in [0.25, 0.3) is 0 Å². The van der Waals surface area contributed by atoms with Gasteiger partial charge in [-0.1, -0.05) is 30.3 Å². The zero-order chi connectivity index (χ0) is 19.9. The van der Waals surface area contributed by atoms with Crippen LogP contribution in [0, 0.1) is 5.92 Å². The van der Waals surface area contributed by atoms with Gasteiger partial charge in [-0.15, -0.1) is 0 Å². The Balaban J connectivity index is 2.20. The van der Waals surface area contributed by atoms with Gasteiger partial charge >= 0.3 is 11.9 Å². The maximum Gasteiger partial charge on any atom is 0.321 e. The molecule has 0 spiro atoms. The van der Waals surface area contributed by atoms with Crippen LogP contribution in [0.15, 0.2) is 30.3 Å².